The fourth-order valence-corrected chi connectivity index (χ4v) is 2.05. The molecule has 0 saturated heterocycles. The Bertz CT molecular complexity index is 482. The maximum atomic E-state index is 4.43. The molecule has 0 radical (unpaired) electrons. The highest BCUT2D eigenvalue weighted by Gasteiger charge is 2.16. The van der Waals surface area contributed by atoms with Crippen LogP contribution in [0.25, 0.3) is 0 Å². The van der Waals surface area contributed by atoms with Gasteiger partial charge in [-0.05, 0) is 34.0 Å². The molecule has 0 saturated carbocycles. The van der Waals surface area contributed by atoms with E-state index >= 15 is 0 Å². The first-order chi connectivity index (χ1) is 9.30. The van der Waals surface area contributed by atoms with E-state index in [4.69, 9.17) is 0 Å². The van der Waals surface area contributed by atoms with Crippen LogP contribution in [-0.2, 0) is 13.6 Å². The van der Waals surface area contributed by atoms with Crippen LogP contribution in [0, 0.1) is 13.8 Å². The molecule has 0 amide bonds. The molecule has 0 atom stereocenters. The summed E-state index contributed by atoms with van der Waals surface area (Å²) in [6.07, 6.45) is 2.13. The standard InChI is InChI=1S/C14H27N5S.HI/c1-10-12(11(2)19(6)18-10)8-16-13(15-5)17-9-14(3,4)20-7;/h8-9H2,1-7H3,(H2,15,16,17);1H. The average molecular weight is 425 g/mol. The highest BCUT2D eigenvalue weighted by molar-refractivity contribution is 14.0. The molecular weight excluding hydrogens is 397 g/mol. The lowest BCUT2D eigenvalue weighted by molar-refractivity contribution is 0.663. The molecule has 0 aliphatic carbocycles. The third-order valence-corrected chi connectivity index (χ3v) is 4.80. The summed E-state index contributed by atoms with van der Waals surface area (Å²) in [7, 11) is 3.77. The Morgan fingerprint density at radius 1 is 1.33 bits per heavy atom. The van der Waals surface area contributed by atoms with Gasteiger partial charge in [0.05, 0.1) is 5.69 Å². The Morgan fingerprint density at radius 3 is 2.38 bits per heavy atom. The average Bonchev–Trinajstić information content (AvgIpc) is 2.64. The summed E-state index contributed by atoms with van der Waals surface area (Å²) >= 11 is 1.84. The van der Waals surface area contributed by atoms with Crippen LogP contribution in [0.1, 0.15) is 30.8 Å². The molecule has 1 rings (SSSR count). The minimum Gasteiger partial charge on any atom is -0.355 e. The van der Waals surface area contributed by atoms with Crippen molar-refractivity contribution >= 4 is 41.7 Å². The maximum Gasteiger partial charge on any atom is 0.191 e. The Labute approximate surface area is 149 Å². The van der Waals surface area contributed by atoms with Crippen LogP contribution < -0.4 is 10.6 Å². The quantitative estimate of drug-likeness (QED) is 0.433. The number of rotatable bonds is 5. The van der Waals surface area contributed by atoms with Crippen molar-refractivity contribution in [1.29, 1.82) is 0 Å². The summed E-state index contributed by atoms with van der Waals surface area (Å²) in [4.78, 5) is 4.26. The van der Waals surface area contributed by atoms with Gasteiger partial charge in [-0.15, -0.1) is 24.0 Å². The lowest BCUT2D eigenvalue weighted by Crippen LogP contribution is -2.43. The van der Waals surface area contributed by atoms with Crippen LogP contribution in [0.2, 0.25) is 0 Å². The Kier molecular flexibility index (Phi) is 8.69. The van der Waals surface area contributed by atoms with Gasteiger partial charge in [0.2, 0.25) is 0 Å². The predicted octanol–water partition coefficient (Wildman–Crippen LogP) is 2.46. The van der Waals surface area contributed by atoms with Crippen LogP contribution in [0.3, 0.4) is 0 Å². The van der Waals surface area contributed by atoms with Gasteiger partial charge in [0.15, 0.2) is 5.96 Å². The fourth-order valence-electron chi connectivity index (χ4n) is 1.83. The van der Waals surface area contributed by atoms with Crippen LogP contribution >= 0.6 is 35.7 Å². The number of aliphatic imine (C=N–C) groups is 1. The van der Waals surface area contributed by atoms with Gasteiger partial charge in [0.25, 0.3) is 0 Å². The van der Waals surface area contributed by atoms with E-state index in [1.807, 2.05) is 30.4 Å². The lowest BCUT2D eigenvalue weighted by atomic mass is 10.2. The molecule has 0 spiro atoms. The lowest BCUT2D eigenvalue weighted by Gasteiger charge is -2.23. The number of guanidine groups is 1. The topological polar surface area (TPSA) is 54.2 Å². The highest BCUT2D eigenvalue weighted by Crippen LogP contribution is 2.19. The Balaban J connectivity index is 0.00000400. The number of thioether (sulfide) groups is 1. The number of aromatic nitrogens is 2. The van der Waals surface area contributed by atoms with Crippen molar-refractivity contribution < 1.29 is 0 Å². The summed E-state index contributed by atoms with van der Waals surface area (Å²) in [5.41, 5.74) is 3.49. The fraction of sp³-hybridized carbons (Fsp3) is 0.714. The van der Waals surface area contributed by atoms with E-state index in [0.717, 1.165) is 24.7 Å². The summed E-state index contributed by atoms with van der Waals surface area (Å²) in [6, 6.07) is 0. The zero-order valence-electron chi connectivity index (χ0n) is 14.1. The SMILES string of the molecule is CN=C(NCc1c(C)nn(C)c1C)NCC(C)(C)SC.I. The molecule has 5 nitrogen and oxygen atoms in total. The van der Waals surface area contributed by atoms with Gasteiger partial charge in [-0.3, -0.25) is 9.67 Å². The van der Waals surface area contributed by atoms with E-state index in [1.54, 1.807) is 7.05 Å². The van der Waals surface area contributed by atoms with E-state index in [2.05, 4.69) is 47.8 Å². The van der Waals surface area contributed by atoms with Gasteiger partial charge >= 0.3 is 0 Å². The molecule has 7 heteroatoms. The van der Waals surface area contributed by atoms with Gasteiger partial charge in [-0.1, -0.05) is 0 Å². The normalized spacial score (nSPS) is 12.0. The zero-order chi connectivity index (χ0) is 15.3. The summed E-state index contributed by atoms with van der Waals surface area (Å²) in [5.74, 6) is 0.828. The van der Waals surface area contributed by atoms with Crippen LogP contribution in [0.5, 0.6) is 0 Å². The van der Waals surface area contributed by atoms with Gasteiger partial charge in [-0.2, -0.15) is 16.9 Å². The molecular formula is C14H28IN5S. The number of nitrogens with one attached hydrogen (secondary N) is 2. The second kappa shape index (κ2) is 8.87. The molecule has 2 N–H and O–H groups in total. The Morgan fingerprint density at radius 2 is 1.95 bits per heavy atom. The number of aryl methyl sites for hydroxylation is 2. The van der Waals surface area contributed by atoms with Crippen molar-refractivity contribution in [2.24, 2.45) is 12.0 Å². The predicted molar refractivity (Wildman–Crippen MR) is 104 cm³/mol. The van der Waals surface area contributed by atoms with E-state index in [9.17, 15) is 0 Å². The first-order valence-corrected chi connectivity index (χ1v) is 8.02. The maximum absolute atomic E-state index is 4.43. The summed E-state index contributed by atoms with van der Waals surface area (Å²) in [5, 5.41) is 11.1. The Hall–Kier alpha value is -0.440. The molecule has 0 unspecified atom stereocenters. The summed E-state index contributed by atoms with van der Waals surface area (Å²) in [6.45, 7) is 10.2. The number of hydrogen-bond acceptors (Lipinski definition) is 3. The third-order valence-electron chi connectivity index (χ3n) is 3.55. The van der Waals surface area contributed by atoms with E-state index in [1.165, 1.54) is 11.3 Å². The molecule has 122 valence electrons. The van der Waals surface area contributed by atoms with Gasteiger partial charge in [0, 0.05) is 43.2 Å². The third kappa shape index (κ3) is 6.06. The first-order valence-electron chi connectivity index (χ1n) is 6.79. The van der Waals surface area contributed by atoms with Crippen molar-refractivity contribution in [1.82, 2.24) is 20.4 Å². The minimum atomic E-state index is 0. The first kappa shape index (κ1) is 20.6. The largest absolute Gasteiger partial charge is 0.355 e. The van der Waals surface area contributed by atoms with Crippen molar-refractivity contribution in [3.63, 3.8) is 0 Å². The molecule has 0 aromatic carbocycles. The van der Waals surface area contributed by atoms with E-state index in [-0.39, 0.29) is 28.7 Å². The zero-order valence-corrected chi connectivity index (χ0v) is 17.2. The van der Waals surface area contributed by atoms with Crippen LogP contribution in [0.15, 0.2) is 4.99 Å². The highest BCUT2D eigenvalue weighted by atomic mass is 127. The van der Waals surface area contributed by atoms with Crippen molar-refractivity contribution in [2.75, 3.05) is 19.8 Å². The number of halogens is 1. The monoisotopic (exact) mass is 425 g/mol. The number of hydrogen-bond donors (Lipinski definition) is 2. The molecule has 1 aromatic rings. The molecule has 0 aliphatic heterocycles. The minimum absolute atomic E-state index is 0. The number of nitrogens with zero attached hydrogens (tertiary/aromatic N) is 3. The van der Waals surface area contributed by atoms with Crippen LogP contribution in [-0.4, -0.2) is 40.3 Å². The molecule has 0 bridgehead atoms. The van der Waals surface area contributed by atoms with Crippen LogP contribution in [0.4, 0.5) is 0 Å². The van der Waals surface area contributed by atoms with E-state index in [0.29, 0.717) is 0 Å². The van der Waals surface area contributed by atoms with E-state index < -0.39 is 0 Å². The molecule has 21 heavy (non-hydrogen) atoms. The smallest absolute Gasteiger partial charge is 0.191 e. The molecule has 1 heterocycles. The molecule has 1 aromatic heterocycles. The van der Waals surface area contributed by atoms with Crippen molar-refractivity contribution in [3.8, 4) is 0 Å². The van der Waals surface area contributed by atoms with Gasteiger partial charge in [-0.25, -0.2) is 0 Å². The van der Waals surface area contributed by atoms with Crippen molar-refractivity contribution in [2.45, 2.75) is 39.0 Å². The molecule has 0 aliphatic rings. The van der Waals surface area contributed by atoms with Gasteiger partial charge < -0.3 is 10.6 Å². The second-order valence-corrected chi connectivity index (χ2v) is 7.03. The van der Waals surface area contributed by atoms with Crippen molar-refractivity contribution in [3.05, 3.63) is 17.0 Å². The summed E-state index contributed by atoms with van der Waals surface area (Å²) < 4.78 is 2.11. The molecule has 0 fully saturated rings. The van der Waals surface area contributed by atoms with Gasteiger partial charge in [0.1, 0.15) is 0 Å². The second-order valence-electron chi connectivity index (χ2n) is 5.52.